The highest BCUT2D eigenvalue weighted by Crippen LogP contribution is 2.20. The Morgan fingerprint density at radius 1 is 1.26 bits per heavy atom. The fourth-order valence-electron chi connectivity index (χ4n) is 3.39. The number of carbonyl (C=O) groups is 1. The van der Waals surface area contributed by atoms with Gasteiger partial charge in [-0.15, -0.1) is 0 Å². The van der Waals surface area contributed by atoms with Gasteiger partial charge in [0.2, 0.25) is 0 Å². The molecule has 4 nitrogen and oxygen atoms in total. The molecule has 1 saturated heterocycles. The second-order valence-electron chi connectivity index (χ2n) is 6.20. The molecule has 2 aromatic rings. The molecule has 2 atom stereocenters. The highest BCUT2D eigenvalue weighted by atomic mass is 16.5. The first-order valence-corrected chi connectivity index (χ1v) is 8.49. The fourth-order valence-corrected chi connectivity index (χ4v) is 3.39. The van der Waals surface area contributed by atoms with Gasteiger partial charge in [-0.1, -0.05) is 30.3 Å². The van der Waals surface area contributed by atoms with Crippen LogP contribution >= 0.6 is 0 Å². The first-order valence-electron chi connectivity index (χ1n) is 8.49. The third kappa shape index (κ3) is 4.02. The van der Waals surface area contributed by atoms with E-state index in [1.54, 1.807) is 4.90 Å². The van der Waals surface area contributed by atoms with Gasteiger partial charge in [0.1, 0.15) is 11.8 Å². The number of quaternary nitrogens is 1. The van der Waals surface area contributed by atoms with Gasteiger partial charge in [-0.25, -0.2) is 0 Å². The number of benzene rings is 2. The normalized spacial score (nSPS) is 20.6. The Kier molecular flexibility index (Phi) is 5.13. The average molecular weight is 313 g/mol. The summed E-state index contributed by atoms with van der Waals surface area (Å²) in [6, 6.07) is 14.6. The predicted molar refractivity (Wildman–Crippen MR) is 91.8 cm³/mol. The van der Waals surface area contributed by atoms with E-state index in [0.29, 0.717) is 6.04 Å². The van der Waals surface area contributed by atoms with Crippen molar-refractivity contribution in [3.63, 3.8) is 0 Å². The predicted octanol–water partition coefficient (Wildman–Crippen LogP) is 1.40. The van der Waals surface area contributed by atoms with Crippen LogP contribution in [0.4, 0.5) is 0 Å². The molecule has 1 aliphatic rings. The summed E-state index contributed by atoms with van der Waals surface area (Å²) in [6.07, 6.45) is 2.46. The second kappa shape index (κ2) is 7.47. The third-order valence-electron chi connectivity index (χ3n) is 4.72. The molecule has 1 aliphatic heterocycles. The number of fused-ring (bicyclic) bond motifs is 1. The van der Waals surface area contributed by atoms with Gasteiger partial charge in [0.05, 0.1) is 19.6 Å². The number of hydrogen-bond acceptors (Lipinski definition) is 2. The highest BCUT2D eigenvalue weighted by Gasteiger charge is 2.27. The SMILES string of the molecule is CC[NH+]1CCC[C@H]1CNC(=O)COc1ccc2ccccc2c1. The highest BCUT2D eigenvalue weighted by molar-refractivity contribution is 5.84. The molecular formula is C19H25N2O2+. The van der Waals surface area contributed by atoms with E-state index in [9.17, 15) is 4.79 Å². The summed E-state index contributed by atoms with van der Waals surface area (Å²) >= 11 is 0. The zero-order valence-electron chi connectivity index (χ0n) is 13.7. The van der Waals surface area contributed by atoms with Crippen LogP contribution in [-0.2, 0) is 4.79 Å². The Morgan fingerprint density at radius 2 is 2.09 bits per heavy atom. The van der Waals surface area contributed by atoms with Crippen LogP contribution in [0, 0.1) is 0 Å². The second-order valence-corrected chi connectivity index (χ2v) is 6.20. The monoisotopic (exact) mass is 313 g/mol. The van der Waals surface area contributed by atoms with E-state index >= 15 is 0 Å². The zero-order valence-corrected chi connectivity index (χ0v) is 13.7. The molecule has 4 heteroatoms. The van der Waals surface area contributed by atoms with E-state index in [2.05, 4.69) is 18.3 Å². The van der Waals surface area contributed by atoms with Gasteiger partial charge in [-0.2, -0.15) is 0 Å². The van der Waals surface area contributed by atoms with Gasteiger partial charge in [-0.05, 0) is 29.8 Å². The van der Waals surface area contributed by atoms with Crippen molar-refractivity contribution in [3.05, 3.63) is 42.5 Å². The lowest BCUT2D eigenvalue weighted by molar-refractivity contribution is -0.909. The minimum atomic E-state index is -0.0412. The third-order valence-corrected chi connectivity index (χ3v) is 4.72. The van der Waals surface area contributed by atoms with Gasteiger partial charge in [0, 0.05) is 12.8 Å². The van der Waals surface area contributed by atoms with Crippen molar-refractivity contribution in [3.8, 4) is 5.75 Å². The number of hydrogen-bond donors (Lipinski definition) is 2. The van der Waals surface area contributed by atoms with Crippen LogP contribution in [0.1, 0.15) is 19.8 Å². The lowest BCUT2D eigenvalue weighted by Crippen LogP contribution is -3.14. The molecule has 0 aromatic heterocycles. The maximum atomic E-state index is 12.0. The summed E-state index contributed by atoms with van der Waals surface area (Å²) in [5, 5.41) is 5.31. The average Bonchev–Trinajstić information content (AvgIpc) is 3.05. The van der Waals surface area contributed by atoms with E-state index in [1.165, 1.54) is 24.8 Å². The summed E-state index contributed by atoms with van der Waals surface area (Å²) in [5.74, 6) is 0.695. The molecule has 1 heterocycles. The molecule has 2 N–H and O–H groups in total. The van der Waals surface area contributed by atoms with E-state index in [-0.39, 0.29) is 12.5 Å². The van der Waals surface area contributed by atoms with Crippen LogP contribution in [0.25, 0.3) is 10.8 Å². The Labute approximate surface area is 137 Å². The van der Waals surface area contributed by atoms with Gasteiger partial charge in [0.25, 0.3) is 5.91 Å². The maximum absolute atomic E-state index is 12.0. The van der Waals surface area contributed by atoms with E-state index < -0.39 is 0 Å². The van der Waals surface area contributed by atoms with Crippen molar-refractivity contribution < 1.29 is 14.4 Å². The Balaban J connectivity index is 1.48. The van der Waals surface area contributed by atoms with Crippen LogP contribution in [0.5, 0.6) is 5.75 Å². The Morgan fingerprint density at radius 3 is 2.91 bits per heavy atom. The molecule has 0 radical (unpaired) electrons. The number of carbonyl (C=O) groups excluding carboxylic acids is 1. The first-order chi connectivity index (χ1) is 11.3. The van der Waals surface area contributed by atoms with E-state index in [4.69, 9.17) is 4.74 Å². The van der Waals surface area contributed by atoms with Gasteiger partial charge < -0.3 is 15.0 Å². The molecule has 1 fully saturated rings. The minimum Gasteiger partial charge on any atom is -0.484 e. The fraction of sp³-hybridized carbons (Fsp3) is 0.421. The van der Waals surface area contributed by atoms with Crippen molar-refractivity contribution in [2.24, 2.45) is 0 Å². The lowest BCUT2D eigenvalue weighted by atomic mass is 10.1. The molecule has 23 heavy (non-hydrogen) atoms. The molecule has 2 aromatic carbocycles. The van der Waals surface area contributed by atoms with E-state index in [1.807, 2.05) is 36.4 Å². The van der Waals surface area contributed by atoms with Gasteiger partial charge >= 0.3 is 0 Å². The van der Waals surface area contributed by atoms with Crippen LogP contribution in [0.3, 0.4) is 0 Å². The van der Waals surface area contributed by atoms with Crippen molar-refractivity contribution in [2.75, 3.05) is 26.2 Å². The Bertz CT molecular complexity index is 671. The van der Waals surface area contributed by atoms with Crippen LogP contribution in [0.2, 0.25) is 0 Å². The quantitative estimate of drug-likeness (QED) is 0.847. The summed E-state index contributed by atoms with van der Waals surface area (Å²) in [4.78, 5) is 13.6. The summed E-state index contributed by atoms with van der Waals surface area (Å²) in [7, 11) is 0. The molecule has 0 saturated carbocycles. The van der Waals surface area contributed by atoms with Crippen molar-refractivity contribution in [1.29, 1.82) is 0 Å². The van der Waals surface area contributed by atoms with E-state index in [0.717, 1.165) is 24.2 Å². The van der Waals surface area contributed by atoms with Crippen molar-refractivity contribution in [1.82, 2.24) is 5.32 Å². The maximum Gasteiger partial charge on any atom is 0.258 e. The van der Waals surface area contributed by atoms with Gasteiger partial charge in [0.15, 0.2) is 6.61 Å². The molecule has 0 bridgehead atoms. The van der Waals surface area contributed by atoms with Gasteiger partial charge in [-0.3, -0.25) is 4.79 Å². The largest absolute Gasteiger partial charge is 0.484 e. The lowest BCUT2D eigenvalue weighted by Gasteiger charge is -2.20. The molecule has 3 rings (SSSR count). The summed E-state index contributed by atoms with van der Waals surface area (Å²) in [5.41, 5.74) is 0. The number of ether oxygens (including phenoxy) is 1. The standard InChI is InChI=1S/C19H24N2O2/c1-2-21-11-5-8-17(21)13-20-19(22)14-23-18-10-9-15-6-3-4-7-16(15)12-18/h3-4,6-7,9-10,12,17H,2,5,8,11,13-14H2,1H3,(H,20,22)/p+1/t17-/m0/s1. The number of likely N-dealkylation sites (tertiary alicyclic amines) is 1. The number of likely N-dealkylation sites (N-methyl/N-ethyl adjacent to an activating group) is 1. The van der Waals surface area contributed by atoms with Crippen LogP contribution in [0.15, 0.2) is 42.5 Å². The first kappa shape index (κ1) is 15.8. The molecule has 0 aliphatic carbocycles. The molecule has 122 valence electrons. The molecule has 1 unspecified atom stereocenters. The summed E-state index contributed by atoms with van der Waals surface area (Å²) in [6.45, 7) is 5.40. The molecular weight excluding hydrogens is 288 g/mol. The number of nitrogens with one attached hydrogen (secondary N) is 2. The van der Waals surface area contributed by atoms with Crippen LogP contribution in [-0.4, -0.2) is 38.2 Å². The molecule has 0 spiro atoms. The number of amides is 1. The molecule has 1 amide bonds. The minimum absolute atomic E-state index is 0.0412. The summed E-state index contributed by atoms with van der Waals surface area (Å²) < 4.78 is 5.63. The van der Waals surface area contributed by atoms with Crippen molar-refractivity contribution >= 4 is 16.7 Å². The van der Waals surface area contributed by atoms with Crippen molar-refractivity contribution in [2.45, 2.75) is 25.8 Å². The number of rotatable bonds is 6. The zero-order chi connectivity index (χ0) is 16.1. The Hall–Kier alpha value is -2.07. The van der Waals surface area contributed by atoms with Crippen LogP contribution < -0.4 is 15.0 Å². The smallest absolute Gasteiger partial charge is 0.258 e. The topological polar surface area (TPSA) is 42.8 Å².